The first kappa shape index (κ1) is 21.1. The van der Waals surface area contributed by atoms with Crippen molar-refractivity contribution >= 4 is 46.6 Å². The number of benzene rings is 1. The van der Waals surface area contributed by atoms with Crippen molar-refractivity contribution in [3.8, 4) is 11.8 Å². The monoisotopic (exact) mass is 397 g/mol. The minimum absolute atomic E-state index is 0.164. The Labute approximate surface area is 157 Å². The Bertz CT molecular complexity index is 793. The molecule has 0 aromatic heterocycles. The summed E-state index contributed by atoms with van der Waals surface area (Å²) in [4.78, 5) is 33.4. The third kappa shape index (κ3) is 5.04. The number of hydrogen-bond acceptors (Lipinski definition) is 8. The second-order valence-electron chi connectivity index (χ2n) is 4.86. The molecular formula is C14H15N5O5S2. The molecule has 1 aromatic carbocycles. The smallest absolute Gasteiger partial charge is 0.317 e. The summed E-state index contributed by atoms with van der Waals surface area (Å²) >= 11 is 6.31. The zero-order valence-electron chi connectivity index (χ0n) is 13.5. The number of aromatic hydroxyl groups is 1. The van der Waals surface area contributed by atoms with E-state index in [9.17, 15) is 24.8 Å². The van der Waals surface area contributed by atoms with E-state index in [1.165, 1.54) is 17.8 Å². The number of primary amides is 1. The van der Waals surface area contributed by atoms with E-state index in [2.05, 4.69) is 10.6 Å². The molecule has 138 valence electrons. The number of nitriles is 1. The third-order valence-electron chi connectivity index (χ3n) is 3.22. The van der Waals surface area contributed by atoms with Crippen LogP contribution in [0.2, 0.25) is 0 Å². The van der Waals surface area contributed by atoms with Gasteiger partial charge in [-0.2, -0.15) is 17.0 Å². The van der Waals surface area contributed by atoms with Crippen molar-refractivity contribution in [2.24, 2.45) is 5.73 Å². The van der Waals surface area contributed by atoms with Crippen LogP contribution in [0, 0.1) is 21.4 Å². The van der Waals surface area contributed by atoms with E-state index in [4.69, 9.17) is 23.2 Å². The van der Waals surface area contributed by atoms with Gasteiger partial charge in [-0.1, -0.05) is 18.3 Å². The molecule has 1 aromatic rings. The van der Waals surface area contributed by atoms with Crippen molar-refractivity contribution in [1.82, 2.24) is 10.6 Å². The van der Waals surface area contributed by atoms with Gasteiger partial charge < -0.3 is 16.2 Å². The highest BCUT2D eigenvalue weighted by Gasteiger charge is 2.30. The molecule has 0 aliphatic rings. The fraction of sp³-hybridized carbons (Fsp3) is 0.286. The van der Waals surface area contributed by atoms with Gasteiger partial charge in [0.2, 0.25) is 11.7 Å². The Kier molecular flexibility index (Phi) is 7.76. The maximum absolute atomic E-state index is 12.4. The Hall–Kier alpha value is -2.91. The number of hydrogen-bond donors (Lipinski definition) is 4. The molecule has 26 heavy (non-hydrogen) atoms. The van der Waals surface area contributed by atoms with Gasteiger partial charge in [0.05, 0.1) is 22.5 Å². The van der Waals surface area contributed by atoms with Gasteiger partial charge in [0.15, 0.2) is 0 Å². The summed E-state index contributed by atoms with van der Waals surface area (Å²) in [5.41, 5.74) is 4.30. The van der Waals surface area contributed by atoms with E-state index in [1.54, 1.807) is 12.3 Å². The molecule has 0 aliphatic heterocycles. The van der Waals surface area contributed by atoms with E-state index in [0.29, 0.717) is 0 Å². The average Bonchev–Trinajstić information content (AvgIpc) is 2.56. The molecule has 12 heteroatoms. The average molecular weight is 397 g/mol. The topological polar surface area (TPSA) is 171 Å². The first-order chi connectivity index (χ1) is 12.2. The predicted octanol–water partition coefficient (Wildman–Crippen LogP) is 0.731. The number of nitrogens with zero attached hydrogens (tertiary/aromatic N) is 2. The molecular weight excluding hydrogens is 382 g/mol. The number of thiocarbonyl (C=S) groups is 1. The van der Waals surface area contributed by atoms with Crippen LogP contribution >= 0.6 is 24.0 Å². The van der Waals surface area contributed by atoms with Gasteiger partial charge in [0.25, 0.3) is 0 Å². The van der Waals surface area contributed by atoms with E-state index in [0.717, 1.165) is 6.07 Å². The molecule has 0 spiro atoms. The van der Waals surface area contributed by atoms with E-state index >= 15 is 0 Å². The van der Waals surface area contributed by atoms with Gasteiger partial charge in [-0.05, 0) is 11.8 Å². The number of carbonyl (C=O) groups excluding carboxylic acids is 2. The largest absolute Gasteiger partial charge is 0.502 e. The van der Waals surface area contributed by atoms with E-state index in [-0.39, 0.29) is 28.4 Å². The van der Waals surface area contributed by atoms with Crippen LogP contribution in [0.1, 0.15) is 17.0 Å². The lowest BCUT2D eigenvalue weighted by atomic mass is 9.93. The van der Waals surface area contributed by atoms with Gasteiger partial charge in [0.1, 0.15) is 11.5 Å². The highest BCUT2D eigenvalue weighted by atomic mass is 32.2. The van der Waals surface area contributed by atoms with Gasteiger partial charge in [0, 0.05) is 11.8 Å². The first-order valence-corrected chi connectivity index (χ1v) is 8.79. The molecule has 1 rings (SSSR count). The second-order valence-corrected chi connectivity index (χ2v) is 6.18. The zero-order chi connectivity index (χ0) is 19.9. The molecule has 0 saturated carbocycles. The quantitative estimate of drug-likeness (QED) is 0.226. The number of phenols is 1. The van der Waals surface area contributed by atoms with Crippen LogP contribution in [-0.4, -0.2) is 45.5 Å². The van der Waals surface area contributed by atoms with E-state index in [1.807, 2.05) is 0 Å². The Balaban J connectivity index is 3.55. The summed E-state index contributed by atoms with van der Waals surface area (Å²) in [5.74, 6) is -1.96. The number of nitro benzene ring substituents is 1. The predicted molar refractivity (Wildman–Crippen MR) is 98.9 cm³/mol. The van der Waals surface area contributed by atoms with Gasteiger partial charge >= 0.3 is 11.7 Å². The number of urea groups is 1. The summed E-state index contributed by atoms with van der Waals surface area (Å²) < 4.78 is 0. The molecule has 0 aliphatic carbocycles. The van der Waals surface area contributed by atoms with Gasteiger partial charge in [-0.25, -0.2) is 4.79 Å². The number of phenolic OH excluding ortho intramolecular Hbond substituents is 1. The molecule has 0 fully saturated rings. The maximum atomic E-state index is 12.4. The van der Waals surface area contributed by atoms with Crippen LogP contribution in [0.3, 0.4) is 0 Å². The van der Waals surface area contributed by atoms with Crippen LogP contribution in [0.5, 0.6) is 5.75 Å². The number of rotatable bonds is 7. The van der Waals surface area contributed by atoms with Crippen molar-refractivity contribution in [1.29, 1.82) is 5.26 Å². The normalized spacial score (nSPS) is 11.1. The summed E-state index contributed by atoms with van der Waals surface area (Å²) in [7, 11) is 0. The molecule has 0 bridgehead atoms. The second kappa shape index (κ2) is 9.54. The van der Waals surface area contributed by atoms with Crippen molar-refractivity contribution in [2.75, 3.05) is 18.6 Å². The fourth-order valence-electron chi connectivity index (χ4n) is 2.17. The molecule has 1 unspecified atom stereocenters. The Morgan fingerprint density at radius 3 is 2.69 bits per heavy atom. The van der Waals surface area contributed by atoms with Crippen LogP contribution in [0.4, 0.5) is 10.5 Å². The lowest BCUT2D eigenvalue weighted by Crippen LogP contribution is -2.36. The zero-order valence-corrected chi connectivity index (χ0v) is 15.1. The SMILES string of the molecule is CSCC(C(=O)NCC#N)c1ccc([N+](=O)[O-])c(O)c1C(=S)NC(N)=O. The summed E-state index contributed by atoms with van der Waals surface area (Å²) in [6.45, 7) is -0.234. The summed E-state index contributed by atoms with van der Waals surface area (Å²) in [6.07, 6.45) is 1.73. The number of nitro groups is 1. The summed E-state index contributed by atoms with van der Waals surface area (Å²) in [6, 6.07) is 3.05. The highest BCUT2D eigenvalue weighted by Crippen LogP contribution is 2.36. The lowest BCUT2D eigenvalue weighted by Gasteiger charge is -2.20. The molecule has 1 atom stereocenters. The van der Waals surface area contributed by atoms with Crippen molar-refractivity contribution in [3.63, 3.8) is 0 Å². The fourth-order valence-corrected chi connectivity index (χ4v) is 3.15. The molecule has 0 saturated heterocycles. The molecule has 10 nitrogen and oxygen atoms in total. The molecule has 5 N–H and O–H groups in total. The molecule has 3 amide bonds. The minimum Gasteiger partial charge on any atom is -0.502 e. The third-order valence-corrected chi connectivity index (χ3v) is 4.19. The lowest BCUT2D eigenvalue weighted by molar-refractivity contribution is -0.385. The maximum Gasteiger partial charge on any atom is 0.317 e. The van der Waals surface area contributed by atoms with Crippen LogP contribution in [0.15, 0.2) is 12.1 Å². The number of amides is 3. The van der Waals surface area contributed by atoms with Crippen LogP contribution < -0.4 is 16.4 Å². The standard InChI is InChI=1S/C14H15N5O5S2/c1-26-6-8(12(21)17-5-4-15)7-2-3-9(19(23)24)11(20)10(7)13(25)18-14(16)22/h2-3,8,20H,5-6H2,1H3,(H,17,21)(H3,16,18,22,25). The van der Waals surface area contributed by atoms with E-state index < -0.39 is 34.2 Å². The van der Waals surface area contributed by atoms with Crippen molar-refractivity contribution in [2.45, 2.75) is 5.92 Å². The number of nitrogens with one attached hydrogen (secondary N) is 2. The van der Waals surface area contributed by atoms with Crippen molar-refractivity contribution in [3.05, 3.63) is 33.4 Å². The highest BCUT2D eigenvalue weighted by molar-refractivity contribution is 7.98. The number of thioether (sulfide) groups is 1. The first-order valence-electron chi connectivity index (χ1n) is 6.99. The minimum atomic E-state index is -1.03. The van der Waals surface area contributed by atoms with Gasteiger partial charge in [-0.3, -0.25) is 20.2 Å². The number of nitrogens with two attached hydrogens (primary N) is 1. The molecule has 0 radical (unpaired) electrons. The van der Waals surface area contributed by atoms with Gasteiger partial charge in [-0.15, -0.1) is 0 Å². The molecule has 0 heterocycles. The van der Waals surface area contributed by atoms with Crippen molar-refractivity contribution < 1.29 is 19.6 Å². The Morgan fingerprint density at radius 1 is 1.54 bits per heavy atom. The van der Waals surface area contributed by atoms with Crippen LogP contribution in [0.25, 0.3) is 0 Å². The Morgan fingerprint density at radius 2 is 2.19 bits per heavy atom. The van der Waals surface area contributed by atoms with Crippen LogP contribution in [-0.2, 0) is 4.79 Å². The summed E-state index contributed by atoms with van der Waals surface area (Å²) in [5, 5.41) is 34.4. The number of carbonyl (C=O) groups is 2.